The molecule has 0 saturated carbocycles. The molecule has 1 aromatic heterocycles. The molecule has 2 aromatic rings. The van der Waals surface area contributed by atoms with Gasteiger partial charge in [-0.25, -0.2) is 0 Å². The molecule has 0 atom stereocenters. The van der Waals surface area contributed by atoms with Gasteiger partial charge < -0.3 is 24.8 Å². The van der Waals surface area contributed by atoms with E-state index in [0.717, 1.165) is 18.1 Å². The van der Waals surface area contributed by atoms with Crippen molar-refractivity contribution in [2.75, 3.05) is 26.5 Å². The number of carbonyl (C=O) groups is 1. The van der Waals surface area contributed by atoms with Gasteiger partial charge in [0.25, 0.3) is 0 Å². The van der Waals surface area contributed by atoms with E-state index in [1.807, 2.05) is 44.6 Å². The number of aliphatic imine (C=N–C) groups is 1. The fraction of sp³-hybridized carbons (Fsp3) is 0.368. The zero-order valence-electron chi connectivity index (χ0n) is 16.4. The number of carbonyl (C=O) groups excluding carboxylic acids is 1. The number of nitrogens with zero attached hydrogens (tertiary/aromatic N) is 3. The average molecular weight is 485 g/mol. The number of aromatic nitrogens is 1. The number of nitrogens with one attached hydrogen (secondary N) is 2. The maximum Gasteiger partial charge on any atom is 0.221 e. The average Bonchev–Trinajstić information content (AvgIpc) is 3.00. The number of methoxy groups -OCH3 is 1. The Hall–Kier alpha value is -2.23. The summed E-state index contributed by atoms with van der Waals surface area (Å²) in [7, 11) is 7.37. The van der Waals surface area contributed by atoms with Crippen LogP contribution in [0.1, 0.15) is 18.2 Å². The summed E-state index contributed by atoms with van der Waals surface area (Å²) in [6, 6.07) is 9.82. The lowest BCUT2D eigenvalue weighted by Crippen LogP contribution is -2.38. The Bertz CT molecular complexity index is 788. The van der Waals surface area contributed by atoms with Gasteiger partial charge in [-0.2, -0.15) is 0 Å². The van der Waals surface area contributed by atoms with E-state index in [4.69, 9.17) is 4.74 Å². The first-order chi connectivity index (χ1) is 12.4. The van der Waals surface area contributed by atoms with Crippen LogP contribution in [-0.4, -0.2) is 42.5 Å². The number of guanidine groups is 1. The van der Waals surface area contributed by atoms with Crippen LogP contribution in [0.4, 0.5) is 5.69 Å². The molecule has 0 saturated heterocycles. The van der Waals surface area contributed by atoms with Crippen LogP contribution in [0.3, 0.4) is 0 Å². The van der Waals surface area contributed by atoms with Gasteiger partial charge >= 0.3 is 0 Å². The van der Waals surface area contributed by atoms with Crippen LogP contribution >= 0.6 is 24.0 Å². The van der Waals surface area contributed by atoms with Gasteiger partial charge in [0.1, 0.15) is 5.75 Å². The largest absolute Gasteiger partial charge is 0.495 e. The monoisotopic (exact) mass is 485 g/mol. The van der Waals surface area contributed by atoms with E-state index in [2.05, 4.69) is 31.2 Å². The molecule has 1 heterocycles. The van der Waals surface area contributed by atoms with Crippen molar-refractivity contribution < 1.29 is 9.53 Å². The Morgan fingerprint density at radius 1 is 1.33 bits per heavy atom. The highest BCUT2D eigenvalue weighted by molar-refractivity contribution is 14.0. The normalized spacial score (nSPS) is 10.8. The van der Waals surface area contributed by atoms with Crippen molar-refractivity contribution in [3.05, 3.63) is 47.8 Å². The summed E-state index contributed by atoms with van der Waals surface area (Å²) in [6.07, 6.45) is 2.03. The van der Waals surface area contributed by atoms with Gasteiger partial charge in [0.05, 0.1) is 19.3 Å². The molecular formula is C19H28IN5O2. The van der Waals surface area contributed by atoms with E-state index in [1.165, 1.54) is 12.6 Å². The molecule has 0 unspecified atom stereocenters. The van der Waals surface area contributed by atoms with Crippen molar-refractivity contribution in [3.63, 3.8) is 0 Å². The second kappa shape index (κ2) is 10.8. The third-order valence-corrected chi connectivity index (χ3v) is 4.05. The second-order valence-electron chi connectivity index (χ2n) is 6.08. The highest BCUT2D eigenvalue weighted by Crippen LogP contribution is 2.25. The number of ether oxygens (including phenoxy) is 1. The van der Waals surface area contributed by atoms with Crippen LogP contribution in [0.15, 0.2) is 41.5 Å². The lowest BCUT2D eigenvalue weighted by Gasteiger charge is -2.22. The standard InChI is InChI=1S/C19H27N5O2.HI/c1-14(25)22-17-11-15(8-9-18(17)26-5)12-21-19(20-2)24(4)13-16-7-6-10-23(16)3;/h6-11H,12-13H2,1-5H3,(H,20,21)(H,22,25);1H. The van der Waals surface area contributed by atoms with E-state index in [1.54, 1.807) is 14.2 Å². The molecule has 2 rings (SSSR count). The number of hydrogen-bond donors (Lipinski definition) is 2. The number of rotatable bonds is 6. The van der Waals surface area contributed by atoms with Crippen LogP contribution in [0.5, 0.6) is 5.75 Å². The lowest BCUT2D eigenvalue weighted by molar-refractivity contribution is -0.114. The zero-order chi connectivity index (χ0) is 19.1. The molecule has 7 nitrogen and oxygen atoms in total. The van der Waals surface area contributed by atoms with Crippen molar-refractivity contribution >= 4 is 41.5 Å². The van der Waals surface area contributed by atoms with Crippen molar-refractivity contribution in [1.29, 1.82) is 0 Å². The van der Waals surface area contributed by atoms with Crippen LogP contribution in [-0.2, 0) is 24.9 Å². The Morgan fingerprint density at radius 3 is 2.63 bits per heavy atom. The first kappa shape index (κ1) is 22.8. The maximum atomic E-state index is 11.4. The minimum Gasteiger partial charge on any atom is -0.495 e. The molecule has 148 valence electrons. The van der Waals surface area contributed by atoms with E-state index < -0.39 is 0 Å². The Morgan fingerprint density at radius 2 is 2.07 bits per heavy atom. The maximum absolute atomic E-state index is 11.4. The fourth-order valence-corrected chi connectivity index (χ4v) is 2.70. The van der Waals surface area contributed by atoms with Crippen LogP contribution < -0.4 is 15.4 Å². The van der Waals surface area contributed by atoms with Gasteiger partial charge in [-0.3, -0.25) is 9.79 Å². The molecule has 0 radical (unpaired) electrons. The summed E-state index contributed by atoms with van der Waals surface area (Å²) in [5.41, 5.74) is 2.88. The van der Waals surface area contributed by atoms with E-state index in [9.17, 15) is 4.79 Å². The number of halogens is 1. The summed E-state index contributed by atoms with van der Waals surface area (Å²) >= 11 is 0. The lowest BCUT2D eigenvalue weighted by atomic mass is 10.2. The quantitative estimate of drug-likeness (QED) is 0.375. The molecule has 0 aliphatic rings. The SMILES string of the molecule is CN=C(NCc1ccc(OC)c(NC(C)=O)c1)N(C)Cc1cccn1C.I. The molecule has 2 N–H and O–H groups in total. The molecular weight excluding hydrogens is 457 g/mol. The first-order valence-electron chi connectivity index (χ1n) is 8.41. The molecule has 0 fully saturated rings. The predicted octanol–water partition coefficient (Wildman–Crippen LogP) is 2.82. The minimum atomic E-state index is -0.133. The van der Waals surface area contributed by atoms with Gasteiger partial charge in [-0.1, -0.05) is 6.07 Å². The molecule has 27 heavy (non-hydrogen) atoms. The summed E-state index contributed by atoms with van der Waals surface area (Å²) in [5.74, 6) is 1.30. The molecule has 1 aromatic carbocycles. The third-order valence-electron chi connectivity index (χ3n) is 4.05. The highest BCUT2D eigenvalue weighted by Gasteiger charge is 2.10. The number of amides is 1. The molecule has 1 amide bonds. The van der Waals surface area contributed by atoms with E-state index in [0.29, 0.717) is 18.0 Å². The van der Waals surface area contributed by atoms with Gasteiger partial charge in [0.15, 0.2) is 5.96 Å². The van der Waals surface area contributed by atoms with Gasteiger partial charge in [-0.05, 0) is 29.8 Å². The van der Waals surface area contributed by atoms with Crippen LogP contribution in [0, 0.1) is 0 Å². The first-order valence-corrected chi connectivity index (χ1v) is 8.41. The topological polar surface area (TPSA) is 70.9 Å². The van der Waals surface area contributed by atoms with Crippen molar-refractivity contribution in [2.45, 2.75) is 20.0 Å². The Labute approximate surface area is 177 Å². The van der Waals surface area contributed by atoms with Crippen molar-refractivity contribution in [1.82, 2.24) is 14.8 Å². The summed E-state index contributed by atoms with van der Waals surface area (Å²) in [5, 5.41) is 6.14. The molecule has 0 aliphatic heterocycles. The van der Waals surface area contributed by atoms with E-state index in [-0.39, 0.29) is 29.9 Å². The van der Waals surface area contributed by atoms with E-state index >= 15 is 0 Å². The van der Waals surface area contributed by atoms with Gasteiger partial charge in [0.2, 0.25) is 5.91 Å². The molecule has 0 aliphatic carbocycles. The number of benzene rings is 1. The second-order valence-corrected chi connectivity index (χ2v) is 6.08. The predicted molar refractivity (Wildman–Crippen MR) is 120 cm³/mol. The molecule has 0 spiro atoms. The molecule has 0 bridgehead atoms. The summed E-state index contributed by atoms with van der Waals surface area (Å²) < 4.78 is 7.38. The van der Waals surface area contributed by atoms with Crippen LogP contribution in [0.25, 0.3) is 0 Å². The van der Waals surface area contributed by atoms with Crippen molar-refractivity contribution in [2.24, 2.45) is 12.0 Å². The van der Waals surface area contributed by atoms with Gasteiger partial charge in [0, 0.05) is 46.5 Å². The number of aryl methyl sites for hydroxylation is 1. The Balaban J connectivity index is 0.00000364. The highest BCUT2D eigenvalue weighted by atomic mass is 127. The Kier molecular flexibility index (Phi) is 9.13. The smallest absolute Gasteiger partial charge is 0.221 e. The van der Waals surface area contributed by atoms with Gasteiger partial charge in [-0.15, -0.1) is 24.0 Å². The summed E-state index contributed by atoms with van der Waals surface area (Å²) in [6.45, 7) is 2.81. The fourth-order valence-electron chi connectivity index (χ4n) is 2.70. The van der Waals surface area contributed by atoms with Crippen molar-refractivity contribution in [3.8, 4) is 5.75 Å². The summed E-state index contributed by atoms with van der Waals surface area (Å²) in [4.78, 5) is 17.8. The molecule has 8 heteroatoms. The zero-order valence-corrected chi connectivity index (χ0v) is 18.8. The minimum absolute atomic E-state index is 0. The third kappa shape index (κ3) is 6.46. The number of anilines is 1. The van der Waals surface area contributed by atoms with Crippen LogP contribution in [0.2, 0.25) is 0 Å². The number of hydrogen-bond acceptors (Lipinski definition) is 3.